The van der Waals surface area contributed by atoms with Gasteiger partial charge in [0.15, 0.2) is 0 Å². The molecular weight excluding hydrogens is 354 g/mol. The minimum Gasteiger partial charge on any atom is -0.444 e. The second kappa shape index (κ2) is 8.22. The normalized spacial score (nSPS) is 17.0. The van der Waals surface area contributed by atoms with Gasteiger partial charge in [-0.3, -0.25) is 0 Å². The first kappa shape index (κ1) is 19.6. The number of hydrogen-bond donors (Lipinski definition) is 0. The van der Waals surface area contributed by atoms with Crippen molar-refractivity contribution < 1.29 is 9.53 Å². The summed E-state index contributed by atoms with van der Waals surface area (Å²) in [7, 11) is 0. The zero-order chi connectivity index (χ0) is 19.4. The van der Waals surface area contributed by atoms with Crippen LogP contribution in [0.25, 0.3) is 11.1 Å². The van der Waals surface area contributed by atoms with Crippen molar-refractivity contribution in [3.8, 4) is 11.1 Å². The van der Waals surface area contributed by atoms with E-state index in [0.29, 0.717) is 13.0 Å². The predicted octanol–water partition coefficient (Wildman–Crippen LogP) is 5.67. The maximum Gasteiger partial charge on any atom is 0.410 e. The predicted molar refractivity (Wildman–Crippen MR) is 114 cm³/mol. The Labute approximate surface area is 167 Å². The van der Waals surface area contributed by atoms with Gasteiger partial charge in [-0.05, 0) is 50.3 Å². The smallest absolute Gasteiger partial charge is 0.410 e. The molecule has 4 heteroatoms. The van der Waals surface area contributed by atoms with Gasteiger partial charge in [0, 0.05) is 17.8 Å². The summed E-state index contributed by atoms with van der Waals surface area (Å²) in [6.45, 7) is 6.39. The minimum absolute atomic E-state index is 0.0290. The molecule has 0 unspecified atom stereocenters. The number of amides is 1. The van der Waals surface area contributed by atoms with E-state index in [1.54, 1.807) is 4.90 Å². The molecule has 0 spiro atoms. The number of hydrogen-bond acceptors (Lipinski definition) is 3. The third-order valence-corrected chi connectivity index (χ3v) is 5.14. The summed E-state index contributed by atoms with van der Waals surface area (Å²) in [6, 6.07) is 18.7. The van der Waals surface area contributed by atoms with Crippen LogP contribution in [-0.2, 0) is 11.2 Å². The van der Waals surface area contributed by atoms with E-state index in [4.69, 9.17) is 17.0 Å². The molecule has 0 bridgehead atoms. The first-order valence-electron chi connectivity index (χ1n) is 9.51. The highest BCUT2D eigenvalue weighted by molar-refractivity contribution is 7.80. The van der Waals surface area contributed by atoms with E-state index in [0.717, 1.165) is 17.7 Å². The lowest BCUT2D eigenvalue weighted by atomic mass is 9.94. The lowest BCUT2D eigenvalue weighted by Crippen LogP contribution is -2.43. The van der Waals surface area contributed by atoms with Crippen molar-refractivity contribution in [3.05, 3.63) is 60.2 Å². The average Bonchev–Trinajstić information content (AvgIpc) is 3.12. The van der Waals surface area contributed by atoms with Gasteiger partial charge in [-0.15, -0.1) is 0 Å². The third kappa shape index (κ3) is 4.95. The zero-order valence-corrected chi connectivity index (χ0v) is 17.1. The van der Waals surface area contributed by atoms with Gasteiger partial charge in [0.2, 0.25) is 0 Å². The number of carbonyl (C=O) groups excluding carboxylic acids is 1. The molecule has 1 aliphatic heterocycles. The SMILES string of the molecule is CC(C)(C)OC(=O)N1CCC[C@H]1C(=S)Cc1ccccc1-c1ccccc1. The molecule has 0 N–H and O–H groups in total. The molecule has 1 amide bonds. The number of ether oxygens (including phenoxy) is 1. The van der Waals surface area contributed by atoms with Crippen LogP contribution in [0.1, 0.15) is 39.2 Å². The molecule has 1 aliphatic rings. The lowest BCUT2D eigenvalue weighted by Gasteiger charge is -2.29. The molecule has 2 aromatic carbocycles. The van der Waals surface area contributed by atoms with Gasteiger partial charge in [0.1, 0.15) is 5.60 Å². The Morgan fingerprint density at radius 1 is 1.11 bits per heavy atom. The molecule has 142 valence electrons. The van der Waals surface area contributed by atoms with Gasteiger partial charge < -0.3 is 9.64 Å². The molecule has 1 fully saturated rings. The molecule has 1 heterocycles. The molecule has 3 rings (SSSR count). The Balaban J connectivity index is 1.77. The van der Waals surface area contributed by atoms with Crippen molar-refractivity contribution in [2.75, 3.05) is 6.54 Å². The van der Waals surface area contributed by atoms with Crippen molar-refractivity contribution in [1.82, 2.24) is 4.90 Å². The Bertz CT molecular complexity index is 811. The van der Waals surface area contributed by atoms with Crippen LogP contribution < -0.4 is 0 Å². The second-order valence-electron chi connectivity index (χ2n) is 8.00. The van der Waals surface area contributed by atoms with E-state index in [2.05, 4.69) is 30.3 Å². The molecule has 1 atom stereocenters. The van der Waals surface area contributed by atoms with Crippen molar-refractivity contribution in [1.29, 1.82) is 0 Å². The Hall–Kier alpha value is -2.20. The quantitative estimate of drug-likeness (QED) is 0.640. The molecule has 1 saturated heterocycles. The van der Waals surface area contributed by atoms with Crippen molar-refractivity contribution >= 4 is 23.2 Å². The maximum atomic E-state index is 12.6. The van der Waals surface area contributed by atoms with Crippen molar-refractivity contribution in [2.24, 2.45) is 0 Å². The molecule has 0 radical (unpaired) electrons. The van der Waals surface area contributed by atoms with E-state index in [1.165, 1.54) is 16.7 Å². The fraction of sp³-hybridized carbons (Fsp3) is 0.391. The number of likely N-dealkylation sites (tertiary alicyclic amines) is 1. The number of thiocarbonyl (C=S) groups is 1. The van der Waals surface area contributed by atoms with Crippen molar-refractivity contribution in [3.63, 3.8) is 0 Å². The summed E-state index contributed by atoms with van der Waals surface area (Å²) < 4.78 is 5.57. The fourth-order valence-electron chi connectivity index (χ4n) is 3.52. The summed E-state index contributed by atoms with van der Waals surface area (Å²) in [4.78, 5) is 15.3. The van der Waals surface area contributed by atoms with Crippen LogP contribution in [0, 0.1) is 0 Å². The van der Waals surface area contributed by atoms with Gasteiger partial charge in [0.05, 0.1) is 6.04 Å². The standard InChI is InChI=1S/C23H27NO2S/c1-23(2,3)26-22(25)24-15-9-14-20(24)21(27)16-18-12-7-8-13-19(18)17-10-5-4-6-11-17/h4-8,10-13,20H,9,14-16H2,1-3H3/t20-/m0/s1. The highest BCUT2D eigenvalue weighted by atomic mass is 32.1. The van der Waals surface area contributed by atoms with Gasteiger partial charge >= 0.3 is 6.09 Å². The zero-order valence-electron chi connectivity index (χ0n) is 16.3. The molecule has 0 saturated carbocycles. The maximum absolute atomic E-state index is 12.6. The summed E-state index contributed by atoms with van der Waals surface area (Å²) in [6.07, 6.45) is 2.30. The molecule has 2 aromatic rings. The van der Waals surface area contributed by atoms with E-state index in [9.17, 15) is 4.79 Å². The minimum atomic E-state index is -0.494. The Morgan fingerprint density at radius 3 is 2.48 bits per heavy atom. The van der Waals surface area contributed by atoms with E-state index < -0.39 is 5.60 Å². The van der Waals surface area contributed by atoms with Crippen LogP contribution in [0.3, 0.4) is 0 Å². The first-order chi connectivity index (χ1) is 12.8. The molecule has 3 nitrogen and oxygen atoms in total. The van der Waals surface area contributed by atoms with Crippen molar-refractivity contribution in [2.45, 2.75) is 51.7 Å². The van der Waals surface area contributed by atoms with Crippen LogP contribution in [-0.4, -0.2) is 34.0 Å². The van der Waals surface area contributed by atoms with E-state index in [1.807, 2.05) is 45.0 Å². The first-order valence-corrected chi connectivity index (χ1v) is 9.91. The number of rotatable bonds is 4. The highest BCUT2D eigenvalue weighted by Gasteiger charge is 2.34. The van der Waals surface area contributed by atoms with Gasteiger partial charge in [-0.25, -0.2) is 4.79 Å². The Kier molecular flexibility index (Phi) is 5.95. The number of benzene rings is 2. The summed E-state index contributed by atoms with van der Waals surface area (Å²) >= 11 is 5.79. The van der Waals surface area contributed by atoms with Crippen LogP contribution in [0.15, 0.2) is 54.6 Å². The number of carbonyl (C=O) groups is 1. The fourth-order valence-corrected chi connectivity index (χ4v) is 3.92. The van der Waals surface area contributed by atoms with Gasteiger partial charge in [-0.2, -0.15) is 0 Å². The lowest BCUT2D eigenvalue weighted by molar-refractivity contribution is 0.0266. The van der Waals surface area contributed by atoms with Gasteiger partial charge in [0.25, 0.3) is 0 Å². The molecule has 0 aromatic heterocycles. The highest BCUT2D eigenvalue weighted by Crippen LogP contribution is 2.27. The number of nitrogens with zero attached hydrogens (tertiary/aromatic N) is 1. The Morgan fingerprint density at radius 2 is 1.78 bits per heavy atom. The van der Waals surface area contributed by atoms with Crippen LogP contribution >= 0.6 is 12.2 Å². The topological polar surface area (TPSA) is 29.5 Å². The summed E-state index contributed by atoms with van der Waals surface area (Å²) in [5, 5.41) is 0. The van der Waals surface area contributed by atoms with Crippen LogP contribution in [0.5, 0.6) is 0 Å². The largest absolute Gasteiger partial charge is 0.444 e. The van der Waals surface area contributed by atoms with Gasteiger partial charge in [-0.1, -0.05) is 66.8 Å². The monoisotopic (exact) mass is 381 g/mol. The van der Waals surface area contributed by atoms with Crippen LogP contribution in [0.4, 0.5) is 4.79 Å². The summed E-state index contributed by atoms with van der Waals surface area (Å²) in [5.74, 6) is 0. The van der Waals surface area contributed by atoms with Crippen LogP contribution in [0.2, 0.25) is 0 Å². The van der Waals surface area contributed by atoms with E-state index >= 15 is 0 Å². The third-order valence-electron chi connectivity index (χ3n) is 4.72. The van der Waals surface area contributed by atoms with E-state index in [-0.39, 0.29) is 12.1 Å². The average molecular weight is 382 g/mol. The summed E-state index contributed by atoms with van der Waals surface area (Å²) in [5.41, 5.74) is 3.09. The second-order valence-corrected chi connectivity index (χ2v) is 8.52. The molecular formula is C23H27NO2S. The molecule has 0 aliphatic carbocycles. The molecule has 27 heavy (non-hydrogen) atoms.